The largest absolute Gasteiger partial charge is 0.369 e. The van der Waals surface area contributed by atoms with Gasteiger partial charge in [-0.3, -0.25) is 9.69 Å². The molecule has 2 aromatic heterocycles. The number of nitrogens with zero attached hydrogens (tertiary/aromatic N) is 4. The van der Waals surface area contributed by atoms with E-state index >= 15 is 0 Å². The van der Waals surface area contributed by atoms with Crippen LogP contribution in [0.25, 0.3) is 10.9 Å². The van der Waals surface area contributed by atoms with Gasteiger partial charge in [0.05, 0.1) is 17.2 Å². The van der Waals surface area contributed by atoms with Crippen LogP contribution in [0.5, 0.6) is 0 Å². The Bertz CT molecular complexity index is 1420. The van der Waals surface area contributed by atoms with Crippen LogP contribution in [-0.4, -0.2) is 53.5 Å². The Labute approximate surface area is 221 Å². The average molecular weight is 511 g/mol. The summed E-state index contributed by atoms with van der Waals surface area (Å²) >= 11 is 1.46. The highest BCUT2D eigenvalue weighted by Gasteiger charge is 2.17. The molecule has 37 heavy (non-hydrogen) atoms. The van der Waals surface area contributed by atoms with Gasteiger partial charge in [-0.05, 0) is 86.0 Å². The van der Waals surface area contributed by atoms with Gasteiger partial charge in [-0.1, -0.05) is 11.8 Å². The smallest absolute Gasteiger partial charge is 0.251 e. The molecule has 1 amide bonds. The van der Waals surface area contributed by atoms with E-state index in [2.05, 4.69) is 56.3 Å². The zero-order chi connectivity index (χ0) is 25.6. The summed E-state index contributed by atoms with van der Waals surface area (Å²) in [5.41, 5.74) is 10.3. The number of aromatic nitrogens is 2. The highest BCUT2D eigenvalue weighted by atomic mass is 32.2. The Hall–Kier alpha value is -3.80. The Kier molecular flexibility index (Phi) is 7.73. The lowest BCUT2D eigenvalue weighted by molar-refractivity contribution is 0.0997. The molecule has 5 rings (SSSR count). The minimum Gasteiger partial charge on any atom is -0.369 e. The number of aryl methyl sites for hydroxylation is 1. The number of carbonyl (C=O) groups is 1. The van der Waals surface area contributed by atoms with E-state index in [-0.39, 0.29) is 0 Å². The van der Waals surface area contributed by atoms with Crippen molar-refractivity contribution < 1.29 is 4.79 Å². The van der Waals surface area contributed by atoms with Crippen LogP contribution < -0.4 is 10.6 Å². The van der Waals surface area contributed by atoms with Gasteiger partial charge in [-0.25, -0.2) is 4.98 Å². The first kappa shape index (κ1) is 24.9. The molecule has 0 bridgehead atoms. The molecule has 0 aliphatic carbocycles. The van der Waals surface area contributed by atoms with E-state index in [1.165, 1.54) is 28.4 Å². The van der Waals surface area contributed by atoms with Crippen LogP contribution in [0.15, 0.2) is 76.9 Å². The molecule has 7 nitrogen and oxygen atoms in total. The minimum atomic E-state index is -0.461. The Morgan fingerprint density at radius 1 is 1.08 bits per heavy atom. The third-order valence-corrected chi connectivity index (χ3v) is 7.92. The van der Waals surface area contributed by atoms with Gasteiger partial charge < -0.3 is 15.6 Å². The summed E-state index contributed by atoms with van der Waals surface area (Å²) in [5, 5.41) is 11.0. The quantitative estimate of drug-likeness (QED) is 0.313. The average Bonchev–Trinajstić information content (AvgIpc) is 3.34. The van der Waals surface area contributed by atoms with Crippen LogP contribution in [0.4, 0.5) is 5.69 Å². The first-order valence-electron chi connectivity index (χ1n) is 12.6. The topological polar surface area (TPSA) is 102 Å². The van der Waals surface area contributed by atoms with E-state index in [4.69, 9.17) is 5.73 Å². The van der Waals surface area contributed by atoms with Gasteiger partial charge in [0.15, 0.2) is 0 Å². The minimum absolute atomic E-state index is 0.447. The Morgan fingerprint density at radius 2 is 1.89 bits per heavy atom. The van der Waals surface area contributed by atoms with Crippen LogP contribution in [0.1, 0.15) is 34.3 Å². The number of benzene rings is 2. The molecule has 1 saturated heterocycles. The van der Waals surface area contributed by atoms with Gasteiger partial charge >= 0.3 is 0 Å². The van der Waals surface area contributed by atoms with E-state index in [1.54, 1.807) is 18.3 Å². The van der Waals surface area contributed by atoms with Crippen LogP contribution in [0.2, 0.25) is 0 Å². The number of carbonyl (C=O) groups excluding carboxylic acids is 1. The summed E-state index contributed by atoms with van der Waals surface area (Å²) in [7, 11) is 0. The number of amides is 1. The molecule has 1 aliphatic heterocycles. The van der Waals surface area contributed by atoms with Crippen LogP contribution in [-0.2, 0) is 6.42 Å². The first-order chi connectivity index (χ1) is 18.1. The predicted octanol–water partition coefficient (Wildman–Crippen LogP) is 4.83. The number of piperazine rings is 1. The fourth-order valence-electron chi connectivity index (χ4n) is 4.83. The van der Waals surface area contributed by atoms with Crippen molar-refractivity contribution >= 4 is 34.3 Å². The second kappa shape index (κ2) is 11.5. The molecule has 0 spiro atoms. The molecule has 2 aromatic carbocycles. The monoisotopic (exact) mass is 510 g/mol. The fraction of sp³-hybridized carbons (Fsp3) is 0.276. The maximum Gasteiger partial charge on any atom is 0.251 e. The number of primary amides is 1. The van der Waals surface area contributed by atoms with Crippen LogP contribution in [0.3, 0.4) is 0 Å². The second-order valence-electron chi connectivity index (χ2n) is 9.29. The summed E-state index contributed by atoms with van der Waals surface area (Å²) in [6, 6.07) is 20.0. The number of nitrogens with two attached hydrogens (primary N) is 1. The molecule has 3 heterocycles. The zero-order valence-corrected chi connectivity index (χ0v) is 21.5. The Morgan fingerprint density at radius 3 is 2.65 bits per heavy atom. The molecular weight excluding hydrogens is 480 g/mol. The third-order valence-electron chi connectivity index (χ3n) is 6.89. The van der Waals surface area contributed by atoms with E-state index in [0.29, 0.717) is 16.2 Å². The normalized spacial score (nSPS) is 14.1. The molecule has 0 saturated carbocycles. The number of nitriles is 1. The van der Waals surface area contributed by atoms with E-state index in [1.807, 2.05) is 18.2 Å². The number of hydrogen-bond donors (Lipinski definition) is 2. The van der Waals surface area contributed by atoms with E-state index < -0.39 is 5.91 Å². The van der Waals surface area contributed by atoms with Crippen molar-refractivity contribution in [2.45, 2.75) is 29.2 Å². The molecule has 1 aliphatic rings. The summed E-state index contributed by atoms with van der Waals surface area (Å²) < 4.78 is 0. The first-order valence-corrected chi connectivity index (χ1v) is 13.4. The molecule has 0 atom stereocenters. The fourth-order valence-corrected chi connectivity index (χ4v) is 5.72. The number of nitrogens with one attached hydrogen (secondary N) is 1. The summed E-state index contributed by atoms with van der Waals surface area (Å²) in [4.78, 5) is 25.3. The second-order valence-corrected chi connectivity index (χ2v) is 10.4. The van der Waals surface area contributed by atoms with Crippen LogP contribution in [0, 0.1) is 11.3 Å². The molecule has 4 aromatic rings. The zero-order valence-electron chi connectivity index (χ0n) is 20.7. The summed E-state index contributed by atoms with van der Waals surface area (Å²) in [6.45, 7) is 5.26. The maximum atomic E-state index is 11.7. The van der Waals surface area contributed by atoms with Crippen molar-refractivity contribution in [3.05, 3.63) is 83.7 Å². The highest BCUT2D eigenvalue weighted by molar-refractivity contribution is 7.99. The maximum absolute atomic E-state index is 11.7. The van der Waals surface area contributed by atoms with Gasteiger partial charge in [0, 0.05) is 60.1 Å². The Balaban J connectivity index is 1.07. The van der Waals surface area contributed by atoms with Gasteiger partial charge in [-0.15, -0.1) is 0 Å². The number of rotatable bonds is 9. The van der Waals surface area contributed by atoms with Gasteiger partial charge in [0.2, 0.25) is 0 Å². The van der Waals surface area contributed by atoms with Crippen molar-refractivity contribution in [2.24, 2.45) is 5.73 Å². The lowest BCUT2D eigenvalue weighted by atomic mass is 10.1. The number of H-pyrrole nitrogens is 1. The number of unbranched alkanes of at least 4 members (excludes halogenated alkanes) is 1. The van der Waals surface area contributed by atoms with Crippen molar-refractivity contribution in [1.82, 2.24) is 14.9 Å². The highest BCUT2D eigenvalue weighted by Crippen LogP contribution is 2.30. The standard InChI is InChI=1S/C29H30N6OS/c30-19-21-6-11-27-26(18-21)22(20-33-27)4-1-2-13-34-14-16-35(17-15-34)23-7-9-24(10-8-23)37-29-25(28(31)36)5-3-12-32-29/h3,5-12,18,20,33H,1-2,4,13-17H2,(H2,31,36). The van der Waals surface area contributed by atoms with Crippen molar-refractivity contribution in [3.63, 3.8) is 0 Å². The summed E-state index contributed by atoms with van der Waals surface area (Å²) in [5.74, 6) is -0.461. The SMILES string of the molecule is N#Cc1ccc2[nH]cc(CCCCN3CCN(c4ccc(Sc5ncccc5C(N)=O)cc4)CC3)c2c1. The number of anilines is 1. The third kappa shape index (κ3) is 5.96. The van der Waals surface area contributed by atoms with Crippen molar-refractivity contribution in [2.75, 3.05) is 37.6 Å². The van der Waals surface area contributed by atoms with Crippen molar-refractivity contribution in [1.29, 1.82) is 5.26 Å². The predicted molar refractivity (Wildman–Crippen MR) is 148 cm³/mol. The van der Waals surface area contributed by atoms with E-state index in [9.17, 15) is 10.1 Å². The molecule has 0 radical (unpaired) electrons. The number of fused-ring (bicyclic) bond motifs is 1. The van der Waals surface area contributed by atoms with Gasteiger partial charge in [0.1, 0.15) is 5.03 Å². The van der Waals surface area contributed by atoms with Crippen molar-refractivity contribution in [3.8, 4) is 6.07 Å². The molecular formula is C29H30N6OS. The molecule has 8 heteroatoms. The van der Waals surface area contributed by atoms with Gasteiger partial charge in [0.25, 0.3) is 5.91 Å². The molecule has 0 unspecified atom stereocenters. The lowest BCUT2D eigenvalue weighted by Gasteiger charge is -2.36. The molecule has 3 N–H and O–H groups in total. The number of pyridine rings is 1. The number of aromatic amines is 1. The lowest BCUT2D eigenvalue weighted by Crippen LogP contribution is -2.46. The van der Waals surface area contributed by atoms with Gasteiger partial charge in [-0.2, -0.15) is 5.26 Å². The molecule has 1 fully saturated rings. The number of hydrogen-bond acceptors (Lipinski definition) is 6. The summed E-state index contributed by atoms with van der Waals surface area (Å²) in [6.07, 6.45) is 7.09. The van der Waals surface area contributed by atoms with Crippen LogP contribution >= 0.6 is 11.8 Å². The molecule has 188 valence electrons. The van der Waals surface area contributed by atoms with E-state index in [0.717, 1.165) is 62.4 Å².